The molecule has 2 rings (SSSR count). The van der Waals surface area contributed by atoms with Gasteiger partial charge in [0.25, 0.3) is 15.9 Å². The van der Waals surface area contributed by atoms with Gasteiger partial charge in [-0.1, -0.05) is 30.3 Å². The summed E-state index contributed by atoms with van der Waals surface area (Å²) in [5.41, 5.74) is 1.61. The van der Waals surface area contributed by atoms with Crippen LogP contribution in [-0.4, -0.2) is 20.9 Å². The molecule has 0 aromatic heterocycles. The molecule has 116 valence electrons. The highest BCUT2D eigenvalue weighted by molar-refractivity contribution is 7.92. The highest BCUT2D eigenvalue weighted by atomic mass is 32.2. The first-order valence-corrected chi connectivity index (χ1v) is 7.72. The van der Waals surface area contributed by atoms with Crippen LogP contribution in [0, 0.1) is 5.82 Å². The van der Waals surface area contributed by atoms with Crippen molar-refractivity contribution in [3.8, 4) is 0 Å². The number of sulfonamides is 1. The van der Waals surface area contributed by atoms with Gasteiger partial charge in [-0.15, -0.1) is 0 Å². The van der Waals surface area contributed by atoms with E-state index in [4.69, 9.17) is 5.84 Å². The van der Waals surface area contributed by atoms with Crippen LogP contribution in [-0.2, 0) is 14.8 Å². The maximum Gasteiger partial charge on any atom is 0.264 e. The molecular weight excluding hydrogens is 309 g/mol. The van der Waals surface area contributed by atoms with Crippen molar-refractivity contribution in [1.82, 2.24) is 5.43 Å². The van der Waals surface area contributed by atoms with Crippen molar-refractivity contribution in [2.45, 2.75) is 4.90 Å². The fraction of sp³-hybridized carbons (Fsp3) is 0.0714. The molecule has 0 heterocycles. The normalized spacial score (nSPS) is 11.0. The smallest absolute Gasteiger partial charge is 0.264 e. The van der Waals surface area contributed by atoms with E-state index in [0.29, 0.717) is 4.31 Å². The number of benzene rings is 2. The first-order valence-electron chi connectivity index (χ1n) is 6.28. The number of halogens is 1. The molecular formula is C14H14FN3O3S. The molecule has 0 saturated carbocycles. The minimum atomic E-state index is -4.10. The summed E-state index contributed by atoms with van der Waals surface area (Å²) >= 11 is 0. The molecule has 22 heavy (non-hydrogen) atoms. The number of nitrogens with zero attached hydrogens (tertiary/aromatic N) is 1. The Hall–Kier alpha value is -2.45. The summed E-state index contributed by atoms with van der Waals surface area (Å²) in [5.74, 6) is 3.48. The van der Waals surface area contributed by atoms with Crippen molar-refractivity contribution in [2.75, 3.05) is 10.8 Å². The first kappa shape index (κ1) is 15.9. The van der Waals surface area contributed by atoms with Gasteiger partial charge in [0.05, 0.1) is 10.6 Å². The van der Waals surface area contributed by atoms with E-state index in [0.717, 1.165) is 6.07 Å². The highest BCUT2D eigenvalue weighted by Crippen LogP contribution is 2.25. The summed E-state index contributed by atoms with van der Waals surface area (Å²) in [6, 6.07) is 12.8. The monoisotopic (exact) mass is 323 g/mol. The lowest BCUT2D eigenvalue weighted by Gasteiger charge is -2.24. The van der Waals surface area contributed by atoms with Gasteiger partial charge >= 0.3 is 0 Å². The summed E-state index contributed by atoms with van der Waals surface area (Å²) in [4.78, 5) is 11.5. The van der Waals surface area contributed by atoms with Gasteiger partial charge in [-0.05, 0) is 24.3 Å². The average Bonchev–Trinajstić information content (AvgIpc) is 2.54. The fourth-order valence-electron chi connectivity index (χ4n) is 1.85. The molecule has 2 aromatic rings. The molecule has 0 spiro atoms. The van der Waals surface area contributed by atoms with Gasteiger partial charge < -0.3 is 0 Å². The molecule has 0 saturated heterocycles. The van der Waals surface area contributed by atoms with Crippen molar-refractivity contribution in [3.63, 3.8) is 0 Å². The second-order valence-electron chi connectivity index (χ2n) is 4.34. The van der Waals surface area contributed by atoms with Crippen LogP contribution in [0.4, 0.5) is 10.1 Å². The molecule has 0 aliphatic carbocycles. The van der Waals surface area contributed by atoms with E-state index >= 15 is 0 Å². The van der Waals surface area contributed by atoms with Crippen molar-refractivity contribution in [2.24, 2.45) is 5.84 Å². The number of amides is 1. The number of carbonyl (C=O) groups excluding carboxylic acids is 1. The number of anilines is 1. The Kier molecular flexibility index (Phi) is 4.74. The van der Waals surface area contributed by atoms with Crippen LogP contribution in [0.1, 0.15) is 0 Å². The minimum absolute atomic E-state index is 0.0527. The summed E-state index contributed by atoms with van der Waals surface area (Å²) in [5, 5.41) is 0. The highest BCUT2D eigenvalue weighted by Gasteiger charge is 2.28. The Morgan fingerprint density at radius 3 is 2.27 bits per heavy atom. The van der Waals surface area contributed by atoms with Crippen molar-refractivity contribution in [3.05, 3.63) is 60.4 Å². The number of rotatable bonds is 5. The summed E-state index contributed by atoms with van der Waals surface area (Å²) in [7, 11) is -4.10. The lowest BCUT2D eigenvalue weighted by Crippen LogP contribution is -2.43. The predicted molar refractivity (Wildman–Crippen MR) is 79.7 cm³/mol. The SMILES string of the molecule is NNC(=O)CN(c1ccccc1F)S(=O)(=O)c1ccccc1. The Bertz CT molecular complexity index is 766. The molecule has 2 aromatic carbocycles. The van der Waals surface area contributed by atoms with Gasteiger partial charge in [0, 0.05) is 0 Å². The number of nitrogens with two attached hydrogens (primary N) is 1. The van der Waals surface area contributed by atoms with Gasteiger partial charge in [0.2, 0.25) is 0 Å². The quantitative estimate of drug-likeness (QED) is 0.488. The van der Waals surface area contributed by atoms with Crippen LogP contribution in [0.5, 0.6) is 0 Å². The second kappa shape index (κ2) is 6.54. The van der Waals surface area contributed by atoms with Crippen LogP contribution in [0.3, 0.4) is 0 Å². The lowest BCUT2D eigenvalue weighted by atomic mass is 10.3. The van der Waals surface area contributed by atoms with Gasteiger partial charge in [0.15, 0.2) is 0 Å². The summed E-state index contributed by atoms with van der Waals surface area (Å²) < 4.78 is 40.0. The number of para-hydroxylation sites is 1. The largest absolute Gasteiger partial charge is 0.293 e. The molecule has 0 radical (unpaired) electrons. The predicted octanol–water partition coefficient (Wildman–Crippen LogP) is 1.01. The van der Waals surface area contributed by atoms with E-state index in [1.807, 2.05) is 5.43 Å². The van der Waals surface area contributed by atoms with E-state index in [1.54, 1.807) is 6.07 Å². The standard InChI is InChI=1S/C14H14FN3O3S/c15-12-8-4-5-9-13(12)18(10-14(19)17-16)22(20,21)11-6-2-1-3-7-11/h1-9H,10,16H2,(H,17,19). The van der Waals surface area contributed by atoms with Gasteiger partial charge in [-0.2, -0.15) is 0 Å². The third-order valence-corrected chi connectivity index (χ3v) is 4.67. The zero-order valence-corrected chi connectivity index (χ0v) is 12.3. The maximum absolute atomic E-state index is 14.0. The molecule has 0 bridgehead atoms. The number of hydrogen-bond acceptors (Lipinski definition) is 4. The molecule has 0 unspecified atom stereocenters. The number of nitrogens with one attached hydrogen (secondary N) is 1. The average molecular weight is 323 g/mol. The Balaban J connectivity index is 2.54. The minimum Gasteiger partial charge on any atom is -0.293 e. The van der Waals surface area contributed by atoms with Gasteiger partial charge in [-0.25, -0.2) is 18.7 Å². The molecule has 0 aliphatic heterocycles. The molecule has 3 N–H and O–H groups in total. The molecule has 8 heteroatoms. The van der Waals surface area contributed by atoms with Crippen LogP contribution in [0.15, 0.2) is 59.5 Å². The van der Waals surface area contributed by atoms with E-state index < -0.39 is 28.3 Å². The van der Waals surface area contributed by atoms with E-state index in [1.165, 1.54) is 42.5 Å². The van der Waals surface area contributed by atoms with Crippen molar-refractivity contribution >= 4 is 21.6 Å². The van der Waals surface area contributed by atoms with Gasteiger partial charge in [-0.3, -0.25) is 14.5 Å². The third-order valence-electron chi connectivity index (χ3n) is 2.90. The lowest BCUT2D eigenvalue weighted by molar-refractivity contribution is -0.119. The van der Waals surface area contributed by atoms with E-state index in [9.17, 15) is 17.6 Å². The molecule has 1 amide bonds. The first-order chi connectivity index (χ1) is 10.5. The van der Waals surface area contributed by atoms with E-state index in [-0.39, 0.29) is 10.6 Å². The maximum atomic E-state index is 14.0. The molecule has 0 aliphatic rings. The van der Waals surface area contributed by atoms with Crippen LogP contribution in [0.25, 0.3) is 0 Å². The third kappa shape index (κ3) is 3.23. The zero-order valence-electron chi connectivity index (χ0n) is 11.4. The Labute approximate surface area is 127 Å². The number of carbonyl (C=O) groups is 1. The van der Waals surface area contributed by atoms with E-state index in [2.05, 4.69) is 0 Å². The summed E-state index contributed by atoms with van der Waals surface area (Å²) in [6.45, 7) is -0.630. The molecule has 0 atom stereocenters. The van der Waals surface area contributed by atoms with Crippen LogP contribution in [0.2, 0.25) is 0 Å². The summed E-state index contributed by atoms with van der Waals surface area (Å²) in [6.07, 6.45) is 0. The molecule has 6 nitrogen and oxygen atoms in total. The Morgan fingerprint density at radius 1 is 1.09 bits per heavy atom. The van der Waals surface area contributed by atoms with Crippen LogP contribution < -0.4 is 15.6 Å². The van der Waals surface area contributed by atoms with Crippen molar-refractivity contribution in [1.29, 1.82) is 0 Å². The van der Waals surface area contributed by atoms with Crippen molar-refractivity contribution < 1.29 is 17.6 Å². The molecule has 0 fully saturated rings. The topological polar surface area (TPSA) is 92.5 Å². The zero-order chi connectivity index (χ0) is 16.2. The fourth-order valence-corrected chi connectivity index (χ4v) is 3.30. The second-order valence-corrected chi connectivity index (χ2v) is 6.21. The Morgan fingerprint density at radius 2 is 1.68 bits per heavy atom. The number of hydrogen-bond donors (Lipinski definition) is 2. The van der Waals surface area contributed by atoms with Gasteiger partial charge in [0.1, 0.15) is 12.4 Å². The van der Waals surface area contributed by atoms with Crippen LogP contribution >= 0.6 is 0 Å². The number of hydrazine groups is 1.